The molecule has 5 aromatic rings. The molecule has 312 valence electrons. The molecule has 0 aromatic heterocycles. The van der Waals surface area contributed by atoms with E-state index in [1.165, 1.54) is 20.3 Å². The first kappa shape index (κ1) is 44.3. The first-order chi connectivity index (χ1) is 29.0. The number of carboxylic acid groups (broad SMARTS) is 2. The lowest BCUT2D eigenvalue weighted by atomic mass is 9.85. The largest absolute Gasteiger partial charge is 0.508 e. The highest BCUT2D eigenvalue weighted by Gasteiger charge is 2.32. The molecule has 0 fully saturated rings. The summed E-state index contributed by atoms with van der Waals surface area (Å²) in [5.41, 5.74) is 6.17. The highest BCUT2D eigenvalue weighted by Crippen LogP contribution is 2.38. The smallest absolute Gasteiger partial charge is 0.320 e. The summed E-state index contributed by atoms with van der Waals surface area (Å²) in [6, 6.07) is 38.9. The lowest BCUT2D eigenvalue weighted by molar-refractivity contribution is -0.148. The summed E-state index contributed by atoms with van der Waals surface area (Å²) in [7, 11) is 2.43. The average Bonchev–Trinajstić information content (AvgIpc) is 3.26. The summed E-state index contributed by atoms with van der Waals surface area (Å²) < 4.78 is 9.61. The van der Waals surface area contributed by atoms with Gasteiger partial charge in [0.25, 0.3) is 0 Å². The second-order valence-electron chi connectivity index (χ2n) is 14.2. The van der Waals surface area contributed by atoms with Crippen LogP contribution in [0.15, 0.2) is 133 Å². The fraction of sp³-hybridized carbons (Fsp3) is 0.250. The molecule has 0 spiro atoms. The van der Waals surface area contributed by atoms with Gasteiger partial charge in [0.1, 0.15) is 23.6 Å². The van der Waals surface area contributed by atoms with Crippen LogP contribution in [0.1, 0.15) is 59.1 Å². The van der Waals surface area contributed by atoms with E-state index in [-0.39, 0.29) is 63.4 Å². The SMILES string of the molecule is COC(=O)CCC(C(=O)O)N(CCN(Cc1cc(C(=C(c2ccccc2)c2ccccc2)c2ccccc2)ccc1O)C(CCC(=O)OC)C(=O)O)Cc1ccccc1O. The molecule has 5 aromatic carbocycles. The molecule has 0 saturated carbocycles. The maximum Gasteiger partial charge on any atom is 0.320 e. The van der Waals surface area contributed by atoms with Gasteiger partial charge in [-0.3, -0.25) is 29.0 Å². The number of ether oxygens (including phenoxy) is 2. The van der Waals surface area contributed by atoms with Crippen LogP contribution in [-0.2, 0) is 41.7 Å². The van der Waals surface area contributed by atoms with E-state index in [2.05, 4.69) is 0 Å². The van der Waals surface area contributed by atoms with Gasteiger partial charge in [-0.25, -0.2) is 0 Å². The molecular weight excluding hydrogens is 765 g/mol. The maximum absolute atomic E-state index is 13.1. The highest BCUT2D eigenvalue weighted by molar-refractivity contribution is 6.04. The topological polar surface area (TPSA) is 174 Å². The first-order valence-electron chi connectivity index (χ1n) is 19.6. The summed E-state index contributed by atoms with van der Waals surface area (Å²) in [6.45, 7) is -0.267. The molecular formula is C48H50N2O10. The van der Waals surface area contributed by atoms with Crippen molar-refractivity contribution in [2.75, 3.05) is 27.3 Å². The number of aliphatic carboxylic acids is 2. The summed E-state index contributed by atoms with van der Waals surface area (Å²) in [6.07, 6.45) is -0.680. The molecule has 12 heteroatoms. The molecule has 5 rings (SSSR count). The molecule has 0 radical (unpaired) electrons. The third-order valence-corrected chi connectivity index (χ3v) is 10.4. The number of carbonyl (C=O) groups excluding carboxylic acids is 2. The number of phenolic OH excluding ortho intramolecular Hbond substituents is 2. The van der Waals surface area contributed by atoms with Crippen LogP contribution in [0.5, 0.6) is 11.5 Å². The Morgan fingerprint density at radius 1 is 0.500 bits per heavy atom. The Hall–Kier alpha value is -6.76. The average molecular weight is 815 g/mol. The summed E-state index contributed by atoms with van der Waals surface area (Å²) in [5.74, 6) is -3.81. The fourth-order valence-corrected chi connectivity index (χ4v) is 7.26. The van der Waals surface area contributed by atoms with E-state index in [0.29, 0.717) is 11.1 Å². The van der Waals surface area contributed by atoms with E-state index in [1.807, 2.05) is 103 Å². The van der Waals surface area contributed by atoms with Crippen LogP contribution in [0.25, 0.3) is 11.1 Å². The molecule has 12 nitrogen and oxygen atoms in total. The van der Waals surface area contributed by atoms with E-state index in [9.17, 15) is 39.6 Å². The number of hydrogen-bond acceptors (Lipinski definition) is 10. The summed E-state index contributed by atoms with van der Waals surface area (Å²) >= 11 is 0. The number of carbonyl (C=O) groups is 4. The fourth-order valence-electron chi connectivity index (χ4n) is 7.26. The van der Waals surface area contributed by atoms with E-state index < -0.39 is 36.0 Å². The maximum atomic E-state index is 13.1. The van der Waals surface area contributed by atoms with E-state index in [4.69, 9.17) is 9.47 Å². The Bertz CT molecular complexity index is 2200. The van der Waals surface area contributed by atoms with Gasteiger partial charge in [-0.15, -0.1) is 0 Å². The number of rotatable bonds is 21. The van der Waals surface area contributed by atoms with Crippen molar-refractivity contribution in [1.29, 1.82) is 0 Å². The van der Waals surface area contributed by atoms with Crippen LogP contribution < -0.4 is 0 Å². The molecule has 0 amide bonds. The van der Waals surface area contributed by atoms with Gasteiger partial charge in [0, 0.05) is 50.1 Å². The Balaban J connectivity index is 1.62. The van der Waals surface area contributed by atoms with Crippen LogP contribution in [0.3, 0.4) is 0 Å². The Morgan fingerprint density at radius 2 is 0.883 bits per heavy atom. The molecule has 60 heavy (non-hydrogen) atoms. The van der Waals surface area contributed by atoms with Crippen molar-refractivity contribution in [3.8, 4) is 11.5 Å². The van der Waals surface area contributed by atoms with Gasteiger partial charge in [-0.2, -0.15) is 0 Å². The molecule has 0 saturated heterocycles. The predicted octanol–water partition coefficient (Wildman–Crippen LogP) is 7.22. The van der Waals surface area contributed by atoms with E-state index >= 15 is 0 Å². The molecule has 0 heterocycles. The zero-order valence-corrected chi connectivity index (χ0v) is 33.6. The van der Waals surface area contributed by atoms with Crippen molar-refractivity contribution in [3.63, 3.8) is 0 Å². The number of nitrogens with zero attached hydrogens (tertiary/aromatic N) is 2. The van der Waals surface area contributed by atoms with Crippen molar-refractivity contribution in [2.45, 2.75) is 50.9 Å². The van der Waals surface area contributed by atoms with Gasteiger partial charge in [-0.05, 0) is 64.4 Å². The summed E-state index contributed by atoms with van der Waals surface area (Å²) in [4.78, 5) is 53.5. The van der Waals surface area contributed by atoms with Crippen molar-refractivity contribution >= 4 is 35.0 Å². The number of benzene rings is 5. The van der Waals surface area contributed by atoms with Crippen LogP contribution in [0.2, 0.25) is 0 Å². The lowest BCUT2D eigenvalue weighted by Crippen LogP contribution is -2.48. The second kappa shape index (κ2) is 21.8. The number of methoxy groups -OCH3 is 2. The van der Waals surface area contributed by atoms with Crippen LogP contribution in [0, 0.1) is 0 Å². The minimum atomic E-state index is -1.27. The van der Waals surface area contributed by atoms with Gasteiger partial charge in [0.05, 0.1) is 14.2 Å². The standard InChI is InChI=1S/C48H50N2O10/c1-59-43(53)26-23-39(47(55)56)49(31-37-20-12-13-21-41(37)51)28-29-50(40(48(57)58)24-27-44(54)60-2)32-38-30-36(22-25-42(38)52)46(35-18-10-5-11-19-35)45(33-14-6-3-7-15-33)34-16-8-4-9-17-34/h3-22,25,30,39-40,51-52H,23-24,26-29,31-32H2,1-2H3,(H,55,56)(H,57,58). The number of para-hydroxylation sites is 1. The van der Waals surface area contributed by atoms with E-state index in [1.54, 1.807) is 34.1 Å². The number of carboxylic acids is 2. The van der Waals surface area contributed by atoms with Gasteiger partial charge in [0.15, 0.2) is 0 Å². The van der Waals surface area contributed by atoms with Crippen molar-refractivity contribution in [3.05, 3.63) is 167 Å². The highest BCUT2D eigenvalue weighted by atomic mass is 16.5. The lowest BCUT2D eigenvalue weighted by Gasteiger charge is -2.34. The molecule has 0 bridgehead atoms. The Labute approximate surface area is 349 Å². The predicted molar refractivity (Wildman–Crippen MR) is 227 cm³/mol. The van der Waals surface area contributed by atoms with Crippen molar-refractivity contribution in [1.82, 2.24) is 9.80 Å². The van der Waals surface area contributed by atoms with Crippen LogP contribution in [-0.4, -0.2) is 93.5 Å². The van der Waals surface area contributed by atoms with Gasteiger partial charge >= 0.3 is 23.9 Å². The third-order valence-electron chi connectivity index (χ3n) is 10.4. The minimum Gasteiger partial charge on any atom is -0.508 e. The van der Waals surface area contributed by atoms with Crippen LogP contribution in [0.4, 0.5) is 0 Å². The number of phenols is 2. The number of esters is 2. The molecule has 0 aliphatic heterocycles. The zero-order chi connectivity index (χ0) is 43.0. The zero-order valence-electron chi connectivity index (χ0n) is 33.6. The Kier molecular flexibility index (Phi) is 16.1. The van der Waals surface area contributed by atoms with Crippen molar-refractivity contribution in [2.24, 2.45) is 0 Å². The van der Waals surface area contributed by atoms with Gasteiger partial charge in [0.2, 0.25) is 0 Å². The molecule has 0 aliphatic carbocycles. The minimum absolute atomic E-state index is 0.0454. The van der Waals surface area contributed by atoms with Crippen LogP contribution >= 0.6 is 0 Å². The molecule has 4 N–H and O–H groups in total. The Morgan fingerprint density at radius 3 is 1.30 bits per heavy atom. The number of aromatic hydroxyl groups is 2. The monoisotopic (exact) mass is 814 g/mol. The van der Waals surface area contributed by atoms with E-state index in [0.717, 1.165) is 33.4 Å². The molecule has 2 unspecified atom stereocenters. The van der Waals surface area contributed by atoms with Gasteiger partial charge in [-0.1, -0.05) is 115 Å². The first-order valence-corrected chi connectivity index (χ1v) is 19.6. The normalized spacial score (nSPS) is 12.1. The third kappa shape index (κ3) is 11.9. The van der Waals surface area contributed by atoms with Crippen molar-refractivity contribution < 1.29 is 49.1 Å². The number of hydrogen-bond donors (Lipinski definition) is 4. The molecule has 2 atom stereocenters. The van der Waals surface area contributed by atoms with Gasteiger partial charge < -0.3 is 29.9 Å². The quantitative estimate of drug-likeness (QED) is 0.0433. The molecule has 0 aliphatic rings. The summed E-state index contributed by atoms with van der Waals surface area (Å²) in [5, 5.41) is 43.2. The second-order valence-corrected chi connectivity index (χ2v) is 14.2.